The van der Waals surface area contributed by atoms with Crippen LogP contribution < -0.4 is 0 Å². The molecule has 3 unspecified atom stereocenters. The second kappa shape index (κ2) is 25.7. The van der Waals surface area contributed by atoms with E-state index in [1.165, 1.54) is 0 Å². The fourth-order valence-corrected chi connectivity index (χ4v) is 5.61. The van der Waals surface area contributed by atoms with E-state index in [-0.39, 0.29) is 12.8 Å². The zero-order valence-electron chi connectivity index (χ0n) is 28.3. The summed E-state index contributed by atoms with van der Waals surface area (Å²) in [4.78, 5) is 35.0. The quantitative estimate of drug-likeness (QED) is 0.0343. The number of ether oxygens (including phenoxy) is 2. The van der Waals surface area contributed by atoms with Crippen LogP contribution in [0.25, 0.3) is 0 Å². The summed E-state index contributed by atoms with van der Waals surface area (Å²) in [7, 11) is -5.11. The number of hydrogen-bond donors (Lipinski definition) is 6. The van der Waals surface area contributed by atoms with Crippen molar-refractivity contribution in [3.63, 3.8) is 0 Å². The predicted octanol–water partition coefficient (Wildman–Crippen LogP) is 4.10. The van der Waals surface area contributed by atoms with Gasteiger partial charge in [-0.2, -0.15) is 0 Å². The number of hydrogen-bond acceptors (Lipinski definition) is 12. The zero-order chi connectivity index (χ0) is 35.8. The van der Waals surface area contributed by atoms with Crippen molar-refractivity contribution in [2.45, 2.75) is 140 Å². The minimum absolute atomic E-state index is 0.0190. The molecule has 0 aromatic rings. The number of esters is 2. The third kappa shape index (κ3) is 19.1. The number of unbranched alkanes of at least 4 members (excludes halogenated alkanes) is 5. The van der Waals surface area contributed by atoms with Gasteiger partial charge in [-0.25, -0.2) is 4.57 Å². The SMILES string of the molecule is CC/C=C\C/C=C\C/C=C\C/C=C/CCCC(=O)O[C@H](COC(=O)CCCCCCC)COP(=O)(O)OC1[C@H](O)[C@H](O)C(O)[C@H](O)[C@H]1O. The maximum absolute atomic E-state index is 12.6. The molecule has 13 nitrogen and oxygen atoms in total. The molecule has 0 amide bonds. The third-order valence-electron chi connectivity index (χ3n) is 7.43. The normalized spacial score (nSPS) is 25.2. The average Bonchev–Trinajstić information content (AvgIpc) is 3.06. The van der Waals surface area contributed by atoms with E-state index < -0.39 is 75.7 Å². The Kier molecular flexibility index (Phi) is 23.5. The first-order chi connectivity index (χ1) is 22.9. The lowest BCUT2D eigenvalue weighted by atomic mass is 9.85. The molecular formula is C34H57O13P. The highest BCUT2D eigenvalue weighted by molar-refractivity contribution is 7.47. The molecule has 0 aromatic heterocycles. The minimum Gasteiger partial charge on any atom is -0.462 e. The van der Waals surface area contributed by atoms with Crippen molar-refractivity contribution in [3.05, 3.63) is 48.6 Å². The third-order valence-corrected chi connectivity index (χ3v) is 8.42. The van der Waals surface area contributed by atoms with Gasteiger partial charge in [0.15, 0.2) is 6.10 Å². The maximum atomic E-state index is 12.6. The molecule has 0 spiro atoms. The first-order valence-electron chi connectivity index (χ1n) is 16.9. The molecule has 0 saturated heterocycles. The van der Waals surface area contributed by atoms with Gasteiger partial charge in [-0.15, -0.1) is 0 Å². The fraction of sp³-hybridized carbons (Fsp3) is 0.706. The molecule has 14 heteroatoms. The Morgan fingerprint density at radius 1 is 0.667 bits per heavy atom. The molecule has 0 aromatic carbocycles. The van der Waals surface area contributed by atoms with Crippen molar-refractivity contribution in [2.75, 3.05) is 13.2 Å². The van der Waals surface area contributed by atoms with Crippen LogP contribution in [0, 0.1) is 0 Å². The van der Waals surface area contributed by atoms with E-state index in [4.69, 9.17) is 18.5 Å². The van der Waals surface area contributed by atoms with Crippen LogP contribution in [0.3, 0.4) is 0 Å². The highest BCUT2D eigenvalue weighted by Crippen LogP contribution is 2.47. The summed E-state index contributed by atoms with van der Waals surface area (Å²) < 4.78 is 33.0. The van der Waals surface area contributed by atoms with Gasteiger partial charge >= 0.3 is 19.8 Å². The van der Waals surface area contributed by atoms with Gasteiger partial charge in [0.05, 0.1) is 6.61 Å². The topological polar surface area (TPSA) is 210 Å². The van der Waals surface area contributed by atoms with Gasteiger partial charge < -0.3 is 39.9 Å². The summed E-state index contributed by atoms with van der Waals surface area (Å²) >= 11 is 0. The van der Waals surface area contributed by atoms with Crippen molar-refractivity contribution in [1.29, 1.82) is 0 Å². The molecule has 6 N–H and O–H groups in total. The first-order valence-corrected chi connectivity index (χ1v) is 18.4. The molecule has 8 atom stereocenters. The lowest BCUT2D eigenvalue weighted by Gasteiger charge is -2.41. The first kappa shape index (κ1) is 43.8. The summed E-state index contributed by atoms with van der Waals surface area (Å²) in [5, 5.41) is 49.6. The number of phosphoric acid groups is 1. The highest BCUT2D eigenvalue weighted by atomic mass is 31.2. The monoisotopic (exact) mass is 704 g/mol. The standard InChI is InChI=1S/C34H57O13P/c1-3-5-7-9-10-11-12-13-14-15-16-17-19-21-23-28(36)46-26(24-44-27(35)22-20-18-8-6-4-2)25-45-48(42,43)47-34-32(40)30(38)29(37)31(39)33(34)41/h5,7,10-11,13-14,16-17,26,29-34,37-41H,3-4,6,8-9,12,15,18-25H2,1-2H3,(H,42,43)/b7-5-,11-10-,14-13-,17-16+/t26-,29?,30-,31+,32-,33-,34?/m1/s1. The van der Waals surface area contributed by atoms with Crippen molar-refractivity contribution >= 4 is 19.8 Å². The molecule has 1 saturated carbocycles. The number of carbonyl (C=O) groups is 2. The molecular weight excluding hydrogens is 647 g/mol. The van der Waals surface area contributed by atoms with Crippen LogP contribution in [0.2, 0.25) is 0 Å². The second-order valence-corrected chi connectivity index (χ2v) is 13.0. The predicted molar refractivity (Wildman–Crippen MR) is 179 cm³/mol. The van der Waals surface area contributed by atoms with Gasteiger partial charge in [-0.3, -0.25) is 18.6 Å². The number of phosphoric ester groups is 1. The minimum atomic E-state index is -5.11. The van der Waals surface area contributed by atoms with E-state index in [1.807, 2.05) is 12.2 Å². The van der Waals surface area contributed by atoms with Gasteiger partial charge in [-0.05, 0) is 44.9 Å². The molecule has 0 aliphatic heterocycles. The van der Waals surface area contributed by atoms with E-state index in [0.717, 1.165) is 51.4 Å². The van der Waals surface area contributed by atoms with Crippen LogP contribution in [0.15, 0.2) is 48.6 Å². The number of aliphatic hydroxyl groups excluding tert-OH is 5. The van der Waals surface area contributed by atoms with E-state index in [1.54, 1.807) is 0 Å². The van der Waals surface area contributed by atoms with Crippen LogP contribution in [-0.4, -0.2) is 98.3 Å². The number of aliphatic hydroxyl groups is 5. The number of carbonyl (C=O) groups excluding carboxylic acids is 2. The lowest BCUT2D eigenvalue weighted by Crippen LogP contribution is -2.64. The molecule has 1 rings (SSSR count). The van der Waals surface area contributed by atoms with E-state index >= 15 is 0 Å². The van der Waals surface area contributed by atoms with E-state index in [2.05, 4.69) is 50.3 Å². The summed E-state index contributed by atoms with van der Waals surface area (Å²) in [6.45, 7) is 2.96. The Morgan fingerprint density at radius 2 is 1.19 bits per heavy atom. The van der Waals surface area contributed by atoms with Gasteiger partial charge in [0.2, 0.25) is 0 Å². The van der Waals surface area contributed by atoms with E-state index in [0.29, 0.717) is 19.3 Å². The summed E-state index contributed by atoms with van der Waals surface area (Å²) in [6.07, 6.45) is 12.7. The van der Waals surface area contributed by atoms with E-state index in [9.17, 15) is 44.6 Å². The van der Waals surface area contributed by atoms with Gasteiger partial charge in [0.25, 0.3) is 0 Å². The summed E-state index contributed by atoms with van der Waals surface area (Å²) in [6, 6.07) is 0. The Hall–Kier alpha value is -2.19. The van der Waals surface area contributed by atoms with Gasteiger partial charge in [0, 0.05) is 12.8 Å². The van der Waals surface area contributed by atoms with Crippen molar-refractivity contribution in [3.8, 4) is 0 Å². The average molecular weight is 705 g/mol. The van der Waals surface area contributed by atoms with Crippen LogP contribution >= 0.6 is 7.82 Å². The largest absolute Gasteiger partial charge is 0.472 e. The van der Waals surface area contributed by atoms with Crippen molar-refractivity contribution in [2.24, 2.45) is 0 Å². The van der Waals surface area contributed by atoms with Crippen molar-refractivity contribution < 1.29 is 63.1 Å². The molecule has 1 aliphatic rings. The molecule has 48 heavy (non-hydrogen) atoms. The molecule has 276 valence electrons. The van der Waals surface area contributed by atoms with Crippen LogP contribution in [0.5, 0.6) is 0 Å². The Balaban J connectivity index is 2.62. The smallest absolute Gasteiger partial charge is 0.462 e. The van der Waals surface area contributed by atoms with Crippen molar-refractivity contribution in [1.82, 2.24) is 0 Å². The zero-order valence-corrected chi connectivity index (χ0v) is 29.1. The summed E-state index contributed by atoms with van der Waals surface area (Å²) in [5.74, 6) is -1.19. The molecule has 1 aliphatic carbocycles. The fourth-order valence-electron chi connectivity index (χ4n) is 4.64. The van der Waals surface area contributed by atoms with Crippen LogP contribution in [0.1, 0.15) is 97.3 Å². The highest BCUT2D eigenvalue weighted by Gasteiger charge is 2.51. The molecule has 0 bridgehead atoms. The summed E-state index contributed by atoms with van der Waals surface area (Å²) in [5.41, 5.74) is 0. The van der Waals surface area contributed by atoms with Crippen LogP contribution in [-0.2, 0) is 32.7 Å². The molecule has 1 fully saturated rings. The maximum Gasteiger partial charge on any atom is 0.472 e. The van der Waals surface area contributed by atoms with Gasteiger partial charge in [-0.1, -0.05) is 88.1 Å². The Labute approximate surface area is 284 Å². The number of allylic oxidation sites excluding steroid dienone is 8. The van der Waals surface area contributed by atoms with Gasteiger partial charge in [0.1, 0.15) is 43.2 Å². The Bertz CT molecular complexity index is 1040. The molecule has 0 heterocycles. The second-order valence-electron chi connectivity index (χ2n) is 11.6. The number of rotatable bonds is 25. The molecule has 0 radical (unpaired) electrons. The van der Waals surface area contributed by atoms with Crippen LogP contribution in [0.4, 0.5) is 0 Å². The lowest BCUT2D eigenvalue weighted by molar-refractivity contribution is -0.220. The Morgan fingerprint density at radius 3 is 1.77 bits per heavy atom.